The number of benzene rings is 2. The highest BCUT2D eigenvalue weighted by atomic mass is 32.2. The van der Waals surface area contributed by atoms with Gasteiger partial charge in [0, 0.05) is 4.90 Å². The first kappa shape index (κ1) is 12.5. The van der Waals surface area contributed by atoms with Crippen molar-refractivity contribution in [1.29, 1.82) is 0 Å². The van der Waals surface area contributed by atoms with Crippen molar-refractivity contribution in [3.63, 3.8) is 0 Å². The van der Waals surface area contributed by atoms with Crippen molar-refractivity contribution in [2.24, 2.45) is 0 Å². The molecule has 0 fully saturated rings. The SMILES string of the molecule is CSc1ccc(C(C)[SiH2]c2ccccc2)cc1. The van der Waals surface area contributed by atoms with E-state index in [1.165, 1.54) is 10.5 Å². The Morgan fingerprint density at radius 3 is 2.18 bits per heavy atom. The van der Waals surface area contributed by atoms with Crippen LogP contribution in [-0.2, 0) is 0 Å². The van der Waals surface area contributed by atoms with E-state index >= 15 is 0 Å². The van der Waals surface area contributed by atoms with E-state index in [2.05, 4.69) is 67.8 Å². The standard InChI is InChI=1S/C15H18SSi/c1-12(17-15-6-4-3-5-7-15)13-8-10-14(16-2)11-9-13/h3-12H,17H2,1-2H3. The van der Waals surface area contributed by atoms with E-state index < -0.39 is 0 Å². The van der Waals surface area contributed by atoms with Gasteiger partial charge in [-0.1, -0.05) is 54.6 Å². The van der Waals surface area contributed by atoms with Gasteiger partial charge in [-0.3, -0.25) is 0 Å². The minimum atomic E-state index is -0.211. The average Bonchev–Trinajstić information content (AvgIpc) is 2.40. The van der Waals surface area contributed by atoms with Crippen LogP contribution >= 0.6 is 11.8 Å². The average molecular weight is 258 g/mol. The molecule has 0 aromatic heterocycles. The van der Waals surface area contributed by atoms with Crippen molar-refractivity contribution >= 4 is 26.5 Å². The monoisotopic (exact) mass is 258 g/mol. The zero-order valence-electron chi connectivity index (χ0n) is 10.4. The molecule has 2 rings (SSSR count). The molecule has 0 saturated heterocycles. The quantitative estimate of drug-likeness (QED) is 0.600. The van der Waals surface area contributed by atoms with Crippen LogP contribution in [0.1, 0.15) is 18.0 Å². The summed E-state index contributed by atoms with van der Waals surface area (Å²) in [6.07, 6.45) is 2.12. The molecule has 2 aromatic rings. The number of rotatable bonds is 4. The molecular weight excluding hydrogens is 240 g/mol. The van der Waals surface area contributed by atoms with E-state index in [9.17, 15) is 0 Å². The summed E-state index contributed by atoms with van der Waals surface area (Å²) in [5.41, 5.74) is 2.20. The maximum absolute atomic E-state index is 2.35. The summed E-state index contributed by atoms with van der Waals surface area (Å²) < 4.78 is 0. The summed E-state index contributed by atoms with van der Waals surface area (Å²) in [5, 5.41) is 1.55. The van der Waals surface area contributed by atoms with E-state index in [4.69, 9.17) is 0 Å². The second-order valence-corrected chi connectivity index (χ2v) is 7.69. The molecule has 0 aliphatic rings. The zero-order chi connectivity index (χ0) is 12.1. The lowest BCUT2D eigenvalue weighted by molar-refractivity contribution is 1.07. The highest BCUT2D eigenvalue weighted by molar-refractivity contribution is 7.98. The lowest BCUT2D eigenvalue weighted by Gasteiger charge is -2.11. The van der Waals surface area contributed by atoms with Gasteiger partial charge in [-0.2, -0.15) is 0 Å². The molecule has 0 bridgehead atoms. The van der Waals surface area contributed by atoms with E-state index in [1.54, 1.807) is 16.9 Å². The maximum atomic E-state index is 2.35. The van der Waals surface area contributed by atoms with E-state index in [-0.39, 0.29) is 9.52 Å². The topological polar surface area (TPSA) is 0 Å². The molecule has 0 aliphatic carbocycles. The van der Waals surface area contributed by atoms with Crippen molar-refractivity contribution in [2.45, 2.75) is 17.4 Å². The molecule has 88 valence electrons. The summed E-state index contributed by atoms with van der Waals surface area (Å²) in [4.78, 5) is 1.35. The van der Waals surface area contributed by atoms with Crippen LogP contribution in [0.25, 0.3) is 0 Å². The summed E-state index contributed by atoms with van der Waals surface area (Å²) in [6.45, 7) is 2.35. The van der Waals surface area contributed by atoms with Crippen LogP contribution in [0.3, 0.4) is 0 Å². The van der Waals surface area contributed by atoms with Gasteiger partial charge in [-0.15, -0.1) is 11.8 Å². The molecule has 1 atom stereocenters. The Morgan fingerprint density at radius 1 is 0.941 bits per heavy atom. The van der Waals surface area contributed by atoms with Gasteiger partial charge in [0.2, 0.25) is 0 Å². The first-order valence-corrected chi connectivity index (χ1v) is 8.72. The van der Waals surface area contributed by atoms with Gasteiger partial charge in [0.25, 0.3) is 0 Å². The fourth-order valence-corrected chi connectivity index (χ4v) is 4.19. The zero-order valence-corrected chi connectivity index (χ0v) is 12.6. The third-order valence-electron chi connectivity index (χ3n) is 3.07. The third kappa shape index (κ3) is 3.48. The lowest BCUT2D eigenvalue weighted by atomic mass is 10.2. The Labute approximate surface area is 110 Å². The van der Waals surface area contributed by atoms with Gasteiger partial charge in [0.05, 0.1) is 9.52 Å². The molecule has 17 heavy (non-hydrogen) atoms. The number of hydrogen-bond acceptors (Lipinski definition) is 1. The van der Waals surface area contributed by atoms with E-state index in [1.807, 2.05) is 0 Å². The lowest BCUT2D eigenvalue weighted by Crippen LogP contribution is -2.19. The number of thioether (sulfide) groups is 1. The molecule has 2 aromatic carbocycles. The fourth-order valence-electron chi connectivity index (χ4n) is 2.02. The van der Waals surface area contributed by atoms with Crippen molar-refractivity contribution in [1.82, 2.24) is 0 Å². The molecule has 1 unspecified atom stereocenters. The van der Waals surface area contributed by atoms with Crippen molar-refractivity contribution < 1.29 is 0 Å². The normalized spacial score (nSPS) is 13.1. The molecule has 0 nitrogen and oxygen atoms in total. The van der Waals surface area contributed by atoms with E-state index in [0.29, 0.717) is 5.54 Å². The van der Waals surface area contributed by atoms with Crippen molar-refractivity contribution in [2.75, 3.05) is 6.26 Å². The fraction of sp³-hybridized carbons (Fsp3) is 0.200. The molecule has 0 saturated carbocycles. The highest BCUT2D eigenvalue weighted by Gasteiger charge is 2.07. The maximum Gasteiger partial charge on any atom is 0.0620 e. The van der Waals surface area contributed by atoms with Gasteiger partial charge in [-0.25, -0.2) is 0 Å². The largest absolute Gasteiger partial charge is 0.130 e. The summed E-state index contributed by atoms with van der Waals surface area (Å²) in [6, 6.07) is 19.9. The molecule has 0 spiro atoms. The van der Waals surface area contributed by atoms with Gasteiger partial charge in [0.15, 0.2) is 0 Å². The Bertz CT molecular complexity index is 450. The molecule has 0 aliphatic heterocycles. The molecule has 0 heterocycles. The first-order chi connectivity index (χ1) is 8.29. The Hall–Kier alpha value is -0.993. The second kappa shape index (κ2) is 6.08. The predicted octanol–water partition coefficient (Wildman–Crippen LogP) is 2.96. The predicted molar refractivity (Wildman–Crippen MR) is 81.3 cm³/mol. The van der Waals surface area contributed by atoms with Crippen LogP contribution in [0.5, 0.6) is 0 Å². The summed E-state index contributed by atoms with van der Waals surface area (Å²) in [7, 11) is -0.211. The Kier molecular flexibility index (Phi) is 4.46. The summed E-state index contributed by atoms with van der Waals surface area (Å²) >= 11 is 1.80. The minimum absolute atomic E-state index is 0.211. The van der Waals surface area contributed by atoms with Crippen LogP contribution in [0.15, 0.2) is 59.5 Å². The minimum Gasteiger partial charge on any atom is -0.130 e. The number of hydrogen-bond donors (Lipinski definition) is 0. The van der Waals surface area contributed by atoms with Gasteiger partial charge in [0.1, 0.15) is 0 Å². The molecule has 2 heteroatoms. The van der Waals surface area contributed by atoms with Gasteiger partial charge < -0.3 is 0 Å². The van der Waals surface area contributed by atoms with Crippen molar-refractivity contribution in [3.8, 4) is 0 Å². The molecule has 0 amide bonds. The molecule has 0 N–H and O–H groups in total. The molecule has 0 radical (unpaired) electrons. The van der Waals surface area contributed by atoms with Gasteiger partial charge in [-0.05, 0) is 29.5 Å². The smallest absolute Gasteiger partial charge is 0.0620 e. The van der Waals surface area contributed by atoms with E-state index in [0.717, 1.165) is 0 Å². The van der Waals surface area contributed by atoms with Crippen LogP contribution in [0, 0.1) is 0 Å². The third-order valence-corrected chi connectivity index (χ3v) is 5.84. The Morgan fingerprint density at radius 2 is 1.59 bits per heavy atom. The van der Waals surface area contributed by atoms with Crippen LogP contribution in [0.2, 0.25) is 0 Å². The second-order valence-electron chi connectivity index (χ2n) is 4.36. The Balaban J connectivity index is 2.06. The van der Waals surface area contributed by atoms with Crippen LogP contribution < -0.4 is 5.19 Å². The van der Waals surface area contributed by atoms with Crippen LogP contribution in [-0.4, -0.2) is 15.8 Å². The first-order valence-electron chi connectivity index (χ1n) is 5.97. The van der Waals surface area contributed by atoms with Gasteiger partial charge >= 0.3 is 0 Å². The van der Waals surface area contributed by atoms with Crippen molar-refractivity contribution in [3.05, 3.63) is 60.2 Å². The molecular formula is C15H18SSi. The summed E-state index contributed by atoms with van der Waals surface area (Å²) in [5.74, 6) is 0. The van der Waals surface area contributed by atoms with Crippen LogP contribution in [0.4, 0.5) is 0 Å². The highest BCUT2D eigenvalue weighted by Crippen LogP contribution is 2.19.